The molecule has 0 spiro atoms. The number of amides is 2. The van der Waals surface area contributed by atoms with Crippen LogP contribution in [0.25, 0.3) is 11.5 Å². The minimum Gasteiger partial charge on any atom is -0.497 e. The summed E-state index contributed by atoms with van der Waals surface area (Å²) in [6.07, 6.45) is 3.27. The maximum absolute atomic E-state index is 11.0. The van der Waals surface area contributed by atoms with Crippen molar-refractivity contribution in [3.8, 4) is 17.2 Å². The maximum Gasteiger partial charge on any atom is 0.312 e. The molecule has 1 aliphatic heterocycles. The minimum absolute atomic E-state index is 0.234. The molecule has 134 valence electrons. The number of nitrogens with zero attached hydrogens (tertiary/aromatic N) is 3. The minimum atomic E-state index is -0.495. The van der Waals surface area contributed by atoms with E-state index in [0.29, 0.717) is 24.9 Å². The van der Waals surface area contributed by atoms with Crippen molar-refractivity contribution >= 4 is 6.03 Å². The molecule has 1 atom stereocenters. The van der Waals surface area contributed by atoms with Gasteiger partial charge in [-0.3, -0.25) is 4.90 Å². The van der Waals surface area contributed by atoms with Gasteiger partial charge in [0.2, 0.25) is 11.8 Å². The molecule has 3 rings (SSSR count). The second-order valence-electron chi connectivity index (χ2n) is 6.09. The number of nitrogens with one attached hydrogen (secondary N) is 1. The standard InChI is InChI=1S/C17H23N5O3/c1-24-14-7-5-12(6-8-14)16-21-20-15(25-16)11-22-9-3-2-4-13(22)10-19-17(18)23/h5-8,13H,2-4,9-11H2,1H3,(H3,18,19,23)/t13-/m0/s1. The third kappa shape index (κ3) is 4.48. The van der Waals surface area contributed by atoms with Crippen LogP contribution in [-0.2, 0) is 6.54 Å². The molecule has 8 nitrogen and oxygen atoms in total. The Bertz CT molecular complexity index is 701. The van der Waals surface area contributed by atoms with E-state index in [1.54, 1.807) is 7.11 Å². The highest BCUT2D eigenvalue weighted by molar-refractivity contribution is 5.71. The van der Waals surface area contributed by atoms with Gasteiger partial charge in [0.1, 0.15) is 5.75 Å². The van der Waals surface area contributed by atoms with Crippen LogP contribution in [0.4, 0.5) is 4.79 Å². The topological polar surface area (TPSA) is 107 Å². The highest BCUT2D eigenvalue weighted by Gasteiger charge is 2.24. The fraction of sp³-hybridized carbons (Fsp3) is 0.471. The van der Waals surface area contributed by atoms with E-state index >= 15 is 0 Å². The number of rotatable bonds is 6. The fourth-order valence-corrected chi connectivity index (χ4v) is 3.06. The summed E-state index contributed by atoms with van der Waals surface area (Å²) >= 11 is 0. The Hall–Kier alpha value is -2.61. The normalized spacial score (nSPS) is 18.0. The molecule has 2 aromatic rings. The van der Waals surface area contributed by atoms with E-state index in [0.717, 1.165) is 37.1 Å². The predicted molar refractivity (Wildman–Crippen MR) is 91.9 cm³/mol. The zero-order valence-electron chi connectivity index (χ0n) is 14.3. The highest BCUT2D eigenvalue weighted by Crippen LogP contribution is 2.23. The van der Waals surface area contributed by atoms with Crippen LogP contribution in [0.3, 0.4) is 0 Å². The number of nitrogens with two attached hydrogens (primary N) is 1. The van der Waals surface area contributed by atoms with Gasteiger partial charge in [0.25, 0.3) is 0 Å². The number of hydrogen-bond acceptors (Lipinski definition) is 6. The van der Waals surface area contributed by atoms with E-state index in [1.807, 2.05) is 24.3 Å². The molecule has 1 aliphatic rings. The summed E-state index contributed by atoms with van der Waals surface area (Å²) in [5.41, 5.74) is 6.03. The molecule has 2 amide bonds. The zero-order valence-corrected chi connectivity index (χ0v) is 14.3. The summed E-state index contributed by atoms with van der Waals surface area (Å²) < 4.78 is 11.0. The molecule has 2 heterocycles. The Kier molecular flexibility index (Phi) is 5.49. The van der Waals surface area contributed by atoms with Crippen LogP contribution in [0, 0.1) is 0 Å². The molecule has 0 unspecified atom stereocenters. The Morgan fingerprint density at radius 1 is 1.36 bits per heavy atom. The number of primary amides is 1. The first-order valence-corrected chi connectivity index (χ1v) is 8.40. The van der Waals surface area contributed by atoms with Crippen molar-refractivity contribution in [1.82, 2.24) is 20.4 Å². The Balaban J connectivity index is 1.65. The molecular weight excluding hydrogens is 322 g/mol. The van der Waals surface area contributed by atoms with Crippen LogP contribution in [0.2, 0.25) is 0 Å². The molecule has 3 N–H and O–H groups in total. The smallest absolute Gasteiger partial charge is 0.312 e. The quantitative estimate of drug-likeness (QED) is 0.826. The van der Waals surface area contributed by atoms with Crippen molar-refractivity contribution < 1.29 is 13.9 Å². The average Bonchev–Trinajstić information content (AvgIpc) is 3.09. The third-order valence-electron chi connectivity index (χ3n) is 4.40. The van der Waals surface area contributed by atoms with Crippen LogP contribution in [-0.4, -0.2) is 47.4 Å². The van der Waals surface area contributed by atoms with Gasteiger partial charge in [0.15, 0.2) is 0 Å². The average molecular weight is 345 g/mol. The van der Waals surface area contributed by atoms with Gasteiger partial charge in [-0.15, -0.1) is 10.2 Å². The first-order chi connectivity index (χ1) is 12.2. The Morgan fingerprint density at radius 2 is 2.16 bits per heavy atom. The lowest BCUT2D eigenvalue weighted by Gasteiger charge is -2.34. The van der Waals surface area contributed by atoms with E-state index < -0.39 is 6.03 Å². The highest BCUT2D eigenvalue weighted by atomic mass is 16.5. The molecule has 8 heteroatoms. The number of ether oxygens (including phenoxy) is 1. The van der Waals surface area contributed by atoms with Crippen molar-refractivity contribution in [1.29, 1.82) is 0 Å². The van der Waals surface area contributed by atoms with Gasteiger partial charge < -0.3 is 20.2 Å². The summed E-state index contributed by atoms with van der Waals surface area (Å²) in [4.78, 5) is 13.2. The maximum atomic E-state index is 11.0. The number of benzene rings is 1. The molecule has 0 radical (unpaired) electrons. The van der Waals surface area contributed by atoms with E-state index in [-0.39, 0.29) is 6.04 Å². The van der Waals surface area contributed by atoms with Gasteiger partial charge in [-0.2, -0.15) is 0 Å². The van der Waals surface area contributed by atoms with Gasteiger partial charge in [0, 0.05) is 18.2 Å². The van der Waals surface area contributed by atoms with Gasteiger partial charge >= 0.3 is 6.03 Å². The van der Waals surface area contributed by atoms with Crippen LogP contribution in [0.5, 0.6) is 5.75 Å². The van der Waals surface area contributed by atoms with Crippen molar-refractivity contribution in [2.24, 2.45) is 5.73 Å². The predicted octanol–water partition coefficient (Wildman–Crippen LogP) is 1.77. The monoisotopic (exact) mass is 345 g/mol. The summed E-state index contributed by atoms with van der Waals surface area (Å²) in [7, 11) is 1.63. The lowest BCUT2D eigenvalue weighted by molar-refractivity contribution is 0.127. The number of hydrogen-bond donors (Lipinski definition) is 2. The number of piperidine rings is 1. The van der Waals surface area contributed by atoms with Crippen LogP contribution in [0.15, 0.2) is 28.7 Å². The van der Waals surface area contributed by atoms with Crippen LogP contribution in [0.1, 0.15) is 25.2 Å². The van der Waals surface area contributed by atoms with Gasteiger partial charge in [0.05, 0.1) is 13.7 Å². The lowest BCUT2D eigenvalue weighted by Crippen LogP contribution is -2.47. The molecule has 1 aromatic carbocycles. The Labute approximate surface area is 146 Å². The molecule has 1 saturated heterocycles. The van der Waals surface area contributed by atoms with E-state index in [2.05, 4.69) is 20.4 Å². The number of urea groups is 1. The number of aromatic nitrogens is 2. The fourth-order valence-electron chi connectivity index (χ4n) is 3.06. The molecule has 0 saturated carbocycles. The van der Waals surface area contributed by atoms with Gasteiger partial charge in [-0.05, 0) is 43.7 Å². The largest absolute Gasteiger partial charge is 0.497 e. The van der Waals surface area contributed by atoms with Crippen LogP contribution < -0.4 is 15.8 Å². The molecule has 1 fully saturated rings. The number of carbonyl (C=O) groups excluding carboxylic acids is 1. The molecule has 25 heavy (non-hydrogen) atoms. The first-order valence-electron chi connectivity index (χ1n) is 8.40. The summed E-state index contributed by atoms with van der Waals surface area (Å²) in [5, 5.41) is 11.0. The third-order valence-corrected chi connectivity index (χ3v) is 4.40. The van der Waals surface area contributed by atoms with E-state index in [4.69, 9.17) is 14.9 Å². The van der Waals surface area contributed by atoms with Crippen LogP contribution >= 0.6 is 0 Å². The SMILES string of the molecule is COc1ccc(-c2nnc(CN3CCCC[C@H]3CNC(N)=O)o2)cc1. The zero-order chi connectivity index (χ0) is 17.6. The van der Waals surface area contributed by atoms with Crippen molar-refractivity contribution in [3.05, 3.63) is 30.2 Å². The number of methoxy groups -OCH3 is 1. The first kappa shape index (κ1) is 17.2. The molecule has 0 bridgehead atoms. The van der Waals surface area contributed by atoms with Crippen molar-refractivity contribution in [2.45, 2.75) is 31.8 Å². The molecular formula is C17H23N5O3. The second-order valence-corrected chi connectivity index (χ2v) is 6.09. The summed E-state index contributed by atoms with van der Waals surface area (Å²) in [6.45, 7) is 2.04. The summed E-state index contributed by atoms with van der Waals surface area (Å²) in [5.74, 6) is 1.83. The van der Waals surface area contributed by atoms with Gasteiger partial charge in [-0.1, -0.05) is 6.42 Å². The number of likely N-dealkylation sites (tertiary alicyclic amines) is 1. The van der Waals surface area contributed by atoms with E-state index in [9.17, 15) is 4.79 Å². The Morgan fingerprint density at radius 3 is 2.88 bits per heavy atom. The van der Waals surface area contributed by atoms with Gasteiger partial charge in [-0.25, -0.2) is 4.79 Å². The van der Waals surface area contributed by atoms with Crippen molar-refractivity contribution in [3.63, 3.8) is 0 Å². The lowest BCUT2D eigenvalue weighted by atomic mass is 10.0. The van der Waals surface area contributed by atoms with Crippen molar-refractivity contribution in [2.75, 3.05) is 20.2 Å². The second kappa shape index (κ2) is 7.98. The number of carbonyl (C=O) groups is 1. The summed E-state index contributed by atoms with van der Waals surface area (Å²) in [6, 6.07) is 7.22. The molecule has 0 aliphatic carbocycles. The molecule has 1 aromatic heterocycles. The van der Waals surface area contributed by atoms with E-state index in [1.165, 1.54) is 0 Å².